The largest absolute Gasteiger partial charge is 0.382 e. The molecule has 2 N–H and O–H groups in total. The highest BCUT2D eigenvalue weighted by atomic mass is 16.1. The normalized spacial score (nSPS) is 18.8. The van der Waals surface area contributed by atoms with Crippen LogP contribution in [0, 0.1) is 0 Å². The summed E-state index contributed by atoms with van der Waals surface area (Å²) in [5.74, 6) is -0.0706. The lowest BCUT2D eigenvalue weighted by Gasteiger charge is -2.23. The van der Waals surface area contributed by atoms with Gasteiger partial charge < -0.3 is 10.6 Å². The lowest BCUT2D eigenvalue weighted by atomic mass is 9.95. The van der Waals surface area contributed by atoms with Gasteiger partial charge in [0.15, 0.2) is 0 Å². The molecule has 4 heteroatoms. The monoisotopic (exact) mass is 327 g/mol. The smallest absolute Gasteiger partial charge is 0.269 e. The number of hydrogen-bond acceptors (Lipinski definition) is 3. The summed E-state index contributed by atoms with van der Waals surface area (Å²) in [5, 5.41) is 6.56. The average Bonchev–Trinajstić information content (AvgIpc) is 2.64. The van der Waals surface area contributed by atoms with Crippen molar-refractivity contribution in [3.05, 3.63) is 35.7 Å². The standard InChI is InChI=1S/C20H29N3O/c24-20(22-13-11-16-7-3-1-4-8-16)19-15-18(12-14-21-19)23-17-9-5-2-6-10-17/h7,12,14-15,17H,1-6,8-11,13H2,(H,21,23)(H,22,24). The fourth-order valence-corrected chi connectivity index (χ4v) is 3.69. The van der Waals surface area contributed by atoms with E-state index in [2.05, 4.69) is 21.7 Å². The Kier molecular flexibility index (Phi) is 6.27. The molecule has 1 heterocycles. The molecule has 0 atom stereocenters. The number of rotatable bonds is 6. The maximum atomic E-state index is 12.3. The number of amides is 1. The van der Waals surface area contributed by atoms with Gasteiger partial charge in [-0.3, -0.25) is 9.78 Å². The molecule has 4 nitrogen and oxygen atoms in total. The SMILES string of the molecule is O=C(NCCC1=CCCCC1)c1cc(NC2CCCCC2)ccn1. The van der Waals surface area contributed by atoms with Crippen LogP contribution in [0.3, 0.4) is 0 Å². The first-order chi connectivity index (χ1) is 11.8. The van der Waals surface area contributed by atoms with Crippen LogP contribution in [0.15, 0.2) is 30.0 Å². The van der Waals surface area contributed by atoms with Crippen molar-refractivity contribution >= 4 is 11.6 Å². The van der Waals surface area contributed by atoms with Crippen LogP contribution in [0.1, 0.15) is 74.7 Å². The molecule has 1 amide bonds. The minimum Gasteiger partial charge on any atom is -0.382 e. The zero-order valence-electron chi connectivity index (χ0n) is 14.5. The molecule has 0 bridgehead atoms. The molecule has 0 spiro atoms. The van der Waals surface area contributed by atoms with Gasteiger partial charge in [-0.15, -0.1) is 0 Å². The Morgan fingerprint density at radius 2 is 2.04 bits per heavy atom. The third kappa shape index (κ3) is 5.08. The predicted octanol–water partition coefficient (Wildman–Crippen LogP) is 4.45. The maximum absolute atomic E-state index is 12.3. The fraction of sp³-hybridized carbons (Fsp3) is 0.600. The van der Waals surface area contributed by atoms with E-state index < -0.39 is 0 Å². The maximum Gasteiger partial charge on any atom is 0.269 e. The van der Waals surface area contributed by atoms with Crippen LogP contribution in [-0.2, 0) is 0 Å². The third-order valence-corrected chi connectivity index (χ3v) is 5.09. The quantitative estimate of drug-likeness (QED) is 0.759. The number of anilines is 1. The van der Waals surface area contributed by atoms with E-state index in [1.54, 1.807) is 6.20 Å². The first kappa shape index (κ1) is 17.0. The second-order valence-electron chi connectivity index (χ2n) is 7.02. The van der Waals surface area contributed by atoms with Crippen LogP contribution >= 0.6 is 0 Å². The second-order valence-corrected chi connectivity index (χ2v) is 7.02. The summed E-state index contributed by atoms with van der Waals surface area (Å²) in [7, 11) is 0. The van der Waals surface area contributed by atoms with Gasteiger partial charge in [0.1, 0.15) is 5.69 Å². The van der Waals surface area contributed by atoms with Gasteiger partial charge >= 0.3 is 0 Å². The minimum absolute atomic E-state index is 0.0706. The molecule has 2 aliphatic carbocycles. The van der Waals surface area contributed by atoms with Gasteiger partial charge in [-0.2, -0.15) is 0 Å². The van der Waals surface area contributed by atoms with Crippen molar-refractivity contribution in [2.24, 2.45) is 0 Å². The van der Waals surface area contributed by atoms with Gasteiger partial charge in [0, 0.05) is 24.5 Å². The van der Waals surface area contributed by atoms with Crippen LogP contribution < -0.4 is 10.6 Å². The van der Waals surface area contributed by atoms with Gasteiger partial charge in [-0.25, -0.2) is 0 Å². The molecule has 0 unspecified atom stereocenters. The van der Waals surface area contributed by atoms with Gasteiger partial charge in [0.25, 0.3) is 5.91 Å². The third-order valence-electron chi connectivity index (χ3n) is 5.09. The van der Waals surface area contributed by atoms with Gasteiger partial charge in [0.2, 0.25) is 0 Å². The van der Waals surface area contributed by atoms with Gasteiger partial charge in [0.05, 0.1) is 0 Å². The molecule has 2 aliphatic rings. The molecular formula is C20H29N3O. The number of hydrogen-bond donors (Lipinski definition) is 2. The lowest BCUT2D eigenvalue weighted by Crippen LogP contribution is -2.26. The van der Waals surface area contributed by atoms with Crippen molar-refractivity contribution < 1.29 is 4.79 Å². The number of pyridine rings is 1. The topological polar surface area (TPSA) is 54.0 Å². The summed E-state index contributed by atoms with van der Waals surface area (Å²) in [6.07, 6.45) is 16.4. The number of nitrogens with one attached hydrogen (secondary N) is 2. The number of carbonyl (C=O) groups is 1. The van der Waals surface area contributed by atoms with Gasteiger partial charge in [-0.05, 0) is 57.1 Å². The molecule has 0 aliphatic heterocycles. The van der Waals surface area contributed by atoms with Crippen molar-refractivity contribution in [1.29, 1.82) is 0 Å². The molecule has 24 heavy (non-hydrogen) atoms. The molecule has 130 valence electrons. The Hall–Kier alpha value is -1.84. The summed E-state index contributed by atoms with van der Waals surface area (Å²) >= 11 is 0. The number of allylic oxidation sites excluding steroid dienone is 1. The Morgan fingerprint density at radius 1 is 1.17 bits per heavy atom. The second kappa shape index (κ2) is 8.86. The van der Waals surface area contributed by atoms with Crippen molar-refractivity contribution in [2.45, 2.75) is 70.3 Å². The Labute approximate surface area is 145 Å². The first-order valence-corrected chi connectivity index (χ1v) is 9.50. The van der Waals surface area contributed by atoms with Crippen LogP contribution in [0.25, 0.3) is 0 Å². The van der Waals surface area contributed by atoms with E-state index >= 15 is 0 Å². The minimum atomic E-state index is -0.0706. The summed E-state index contributed by atoms with van der Waals surface area (Å²) in [6.45, 7) is 0.701. The van der Waals surface area contributed by atoms with Gasteiger partial charge in [-0.1, -0.05) is 30.9 Å². The van der Waals surface area contributed by atoms with Crippen LogP contribution in [0.5, 0.6) is 0 Å². The fourth-order valence-electron chi connectivity index (χ4n) is 3.69. The molecule has 0 radical (unpaired) electrons. The first-order valence-electron chi connectivity index (χ1n) is 9.50. The highest BCUT2D eigenvalue weighted by molar-refractivity contribution is 5.93. The zero-order chi connectivity index (χ0) is 16.6. The van der Waals surface area contributed by atoms with Crippen LogP contribution in [-0.4, -0.2) is 23.5 Å². The van der Waals surface area contributed by atoms with Crippen molar-refractivity contribution in [3.63, 3.8) is 0 Å². The molecule has 1 aromatic heterocycles. The summed E-state index contributed by atoms with van der Waals surface area (Å²) in [4.78, 5) is 16.5. The van der Waals surface area contributed by atoms with E-state index in [1.165, 1.54) is 63.4 Å². The number of aromatic nitrogens is 1. The molecule has 3 rings (SSSR count). The van der Waals surface area contributed by atoms with Crippen LogP contribution in [0.4, 0.5) is 5.69 Å². The number of carbonyl (C=O) groups excluding carboxylic acids is 1. The van der Waals surface area contributed by atoms with E-state index in [0.29, 0.717) is 18.3 Å². The van der Waals surface area contributed by atoms with E-state index in [1.807, 2.05) is 12.1 Å². The Morgan fingerprint density at radius 3 is 2.83 bits per heavy atom. The van der Waals surface area contributed by atoms with Crippen molar-refractivity contribution in [3.8, 4) is 0 Å². The Bertz CT molecular complexity index is 576. The van der Waals surface area contributed by atoms with Crippen molar-refractivity contribution in [2.75, 3.05) is 11.9 Å². The molecule has 1 fully saturated rings. The highest BCUT2D eigenvalue weighted by Gasteiger charge is 2.14. The molecular weight excluding hydrogens is 298 g/mol. The highest BCUT2D eigenvalue weighted by Crippen LogP contribution is 2.22. The van der Waals surface area contributed by atoms with E-state index in [0.717, 1.165) is 12.1 Å². The van der Waals surface area contributed by atoms with E-state index in [9.17, 15) is 4.79 Å². The van der Waals surface area contributed by atoms with E-state index in [-0.39, 0.29) is 5.91 Å². The summed E-state index contributed by atoms with van der Waals surface area (Å²) in [6, 6.07) is 4.37. The predicted molar refractivity (Wildman–Crippen MR) is 98.2 cm³/mol. The Balaban J connectivity index is 1.49. The average molecular weight is 327 g/mol. The summed E-state index contributed by atoms with van der Waals surface area (Å²) in [5.41, 5.74) is 3.01. The van der Waals surface area contributed by atoms with E-state index in [4.69, 9.17) is 0 Å². The summed E-state index contributed by atoms with van der Waals surface area (Å²) < 4.78 is 0. The molecule has 0 aromatic carbocycles. The van der Waals surface area contributed by atoms with Crippen LogP contribution in [0.2, 0.25) is 0 Å². The number of nitrogens with zero attached hydrogens (tertiary/aromatic N) is 1. The molecule has 0 saturated heterocycles. The molecule has 1 saturated carbocycles. The molecule has 1 aromatic rings. The zero-order valence-corrected chi connectivity index (χ0v) is 14.5. The van der Waals surface area contributed by atoms with Crippen molar-refractivity contribution in [1.82, 2.24) is 10.3 Å². The lowest BCUT2D eigenvalue weighted by molar-refractivity contribution is 0.0949.